The number of benzene rings is 1. The van der Waals surface area contributed by atoms with Crippen LogP contribution in [0.3, 0.4) is 0 Å². The number of anilines is 1. The van der Waals surface area contributed by atoms with Gasteiger partial charge in [-0.1, -0.05) is 18.7 Å². The molecule has 0 unspecified atom stereocenters. The maximum Gasteiger partial charge on any atom is 0.174 e. The maximum atomic E-state index is 11.3. The zero-order valence-electron chi connectivity index (χ0n) is 10.1. The first-order valence-electron chi connectivity index (χ1n) is 5.51. The third kappa shape index (κ3) is 2.88. The molecule has 0 bridgehead atoms. The van der Waals surface area contributed by atoms with E-state index in [9.17, 15) is 4.79 Å². The molecule has 2 N–H and O–H groups in total. The number of aryl methyl sites for hydroxylation is 1. The fraction of sp³-hybridized carbons (Fsp3) is 0.250. The van der Waals surface area contributed by atoms with Gasteiger partial charge in [0.1, 0.15) is 5.82 Å². The molecule has 0 atom stereocenters. The van der Waals surface area contributed by atoms with Crippen molar-refractivity contribution in [3.63, 3.8) is 0 Å². The number of nitrogens with two attached hydrogens (primary N) is 1. The van der Waals surface area contributed by atoms with Crippen molar-refractivity contribution in [2.45, 2.75) is 29.5 Å². The van der Waals surface area contributed by atoms with Gasteiger partial charge in [-0.15, -0.1) is 0 Å². The summed E-state index contributed by atoms with van der Waals surface area (Å²) in [7, 11) is 0. The van der Waals surface area contributed by atoms with E-state index < -0.39 is 0 Å². The number of rotatable bonds is 4. The molecule has 0 saturated heterocycles. The van der Waals surface area contributed by atoms with Crippen LogP contribution in [0.25, 0.3) is 0 Å². The first-order valence-corrected chi connectivity index (χ1v) is 7.10. The van der Waals surface area contributed by atoms with E-state index in [-0.39, 0.29) is 5.78 Å². The van der Waals surface area contributed by atoms with E-state index in [1.807, 2.05) is 13.0 Å². The third-order valence-electron chi connectivity index (χ3n) is 2.37. The maximum absolute atomic E-state index is 11.3. The van der Waals surface area contributed by atoms with Crippen LogP contribution in [0.5, 0.6) is 0 Å². The summed E-state index contributed by atoms with van der Waals surface area (Å²) in [6, 6.07) is 5.43. The van der Waals surface area contributed by atoms with Crippen molar-refractivity contribution in [3.05, 3.63) is 29.6 Å². The van der Waals surface area contributed by atoms with Gasteiger partial charge >= 0.3 is 0 Å². The van der Waals surface area contributed by atoms with E-state index in [2.05, 4.69) is 9.36 Å². The summed E-state index contributed by atoms with van der Waals surface area (Å²) >= 11 is 2.89. The molecule has 18 heavy (non-hydrogen) atoms. The molecule has 4 nitrogen and oxygen atoms in total. The van der Waals surface area contributed by atoms with Crippen molar-refractivity contribution in [3.8, 4) is 0 Å². The highest BCUT2D eigenvalue weighted by atomic mass is 32.2. The van der Waals surface area contributed by atoms with Gasteiger partial charge in [-0.3, -0.25) is 4.79 Å². The predicted molar refractivity (Wildman–Crippen MR) is 74.3 cm³/mol. The minimum absolute atomic E-state index is 0.0202. The monoisotopic (exact) mass is 279 g/mol. The Labute approximate surface area is 114 Å². The molecule has 0 radical (unpaired) electrons. The van der Waals surface area contributed by atoms with Crippen LogP contribution in [-0.2, 0) is 6.42 Å². The molecule has 2 rings (SSSR count). The quantitative estimate of drug-likeness (QED) is 0.688. The van der Waals surface area contributed by atoms with Crippen molar-refractivity contribution in [1.29, 1.82) is 0 Å². The Morgan fingerprint density at radius 3 is 2.83 bits per heavy atom. The Kier molecular flexibility index (Phi) is 3.98. The molecule has 2 aromatic rings. The second kappa shape index (κ2) is 5.49. The summed E-state index contributed by atoms with van der Waals surface area (Å²) < 4.78 is 5.11. The number of nitrogens with zero attached hydrogens (tertiary/aromatic N) is 2. The fourth-order valence-corrected chi connectivity index (χ4v) is 3.17. The molecule has 0 aliphatic rings. The average Bonchev–Trinajstić information content (AvgIpc) is 2.76. The van der Waals surface area contributed by atoms with E-state index in [1.54, 1.807) is 12.1 Å². The first kappa shape index (κ1) is 13.0. The molecule has 0 aliphatic carbocycles. The number of aromatic nitrogens is 2. The minimum Gasteiger partial charge on any atom is -0.398 e. The zero-order valence-corrected chi connectivity index (χ0v) is 11.8. The molecule has 0 saturated carbocycles. The summed E-state index contributed by atoms with van der Waals surface area (Å²) in [6.07, 6.45) is 0.836. The van der Waals surface area contributed by atoms with Crippen molar-refractivity contribution >= 4 is 34.8 Å². The average molecular weight is 279 g/mol. The van der Waals surface area contributed by atoms with Crippen molar-refractivity contribution < 1.29 is 4.79 Å². The molecular weight excluding hydrogens is 266 g/mol. The minimum atomic E-state index is -0.0202. The second-order valence-electron chi connectivity index (χ2n) is 3.74. The second-order valence-corrected chi connectivity index (χ2v) is 5.81. The lowest BCUT2D eigenvalue weighted by Crippen LogP contribution is -1.99. The highest BCUT2D eigenvalue weighted by Crippen LogP contribution is 2.31. The number of ketones is 1. The Hall–Kier alpha value is -1.40. The Morgan fingerprint density at radius 2 is 2.28 bits per heavy atom. The molecule has 1 aromatic heterocycles. The van der Waals surface area contributed by atoms with Gasteiger partial charge in [-0.2, -0.15) is 4.37 Å². The summed E-state index contributed by atoms with van der Waals surface area (Å²) in [4.78, 5) is 16.6. The summed E-state index contributed by atoms with van der Waals surface area (Å²) in [5.74, 6) is 0.837. The zero-order chi connectivity index (χ0) is 13.1. The van der Waals surface area contributed by atoms with Gasteiger partial charge in [0.2, 0.25) is 0 Å². The Balaban J connectivity index is 2.19. The smallest absolute Gasteiger partial charge is 0.174 e. The largest absolute Gasteiger partial charge is 0.398 e. The molecule has 0 aliphatic heterocycles. The normalized spacial score (nSPS) is 10.6. The number of carbonyl (C=O) groups is 1. The fourth-order valence-electron chi connectivity index (χ4n) is 1.45. The standard InChI is InChI=1S/C12H13N3OS2/c1-3-11-14-12(18-15-11)17-8-4-5-9(7(2)16)10(13)6-8/h4-6H,3,13H2,1-2H3. The van der Waals surface area contributed by atoms with Gasteiger partial charge in [-0.05, 0) is 36.7 Å². The molecule has 94 valence electrons. The molecular formula is C12H13N3OS2. The van der Waals surface area contributed by atoms with Crippen molar-refractivity contribution in [2.75, 3.05) is 5.73 Å². The third-order valence-corrected chi connectivity index (χ3v) is 4.15. The predicted octanol–water partition coefficient (Wildman–Crippen LogP) is 3.04. The van der Waals surface area contributed by atoms with Crippen molar-refractivity contribution in [2.24, 2.45) is 0 Å². The first-order chi connectivity index (χ1) is 8.60. The van der Waals surface area contributed by atoms with Gasteiger partial charge < -0.3 is 5.73 Å². The summed E-state index contributed by atoms with van der Waals surface area (Å²) in [5.41, 5.74) is 6.91. The highest BCUT2D eigenvalue weighted by molar-refractivity contribution is 8.01. The topological polar surface area (TPSA) is 68.9 Å². The number of nitrogen functional groups attached to an aromatic ring is 1. The van der Waals surface area contributed by atoms with E-state index in [4.69, 9.17) is 5.73 Å². The van der Waals surface area contributed by atoms with E-state index in [0.29, 0.717) is 11.3 Å². The lowest BCUT2D eigenvalue weighted by molar-refractivity contribution is 0.101. The van der Waals surface area contributed by atoms with Gasteiger partial charge in [0.25, 0.3) is 0 Å². The lowest BCUT2D eigenvalue weighted by Gasteiger charge is -2.03. The van der Waals surface area contributed by atoms with Crippen LogP contribution in [0.4, 0.5) is 5.69 Å². The van der Waals surface area contributed by atoms with Crippen LogP contribution >= 0.6 is 23.3 Å². The SMILES string of the molecule is CCc1nsc(Sc2ccc(C(C)=O)c(N)c2)n1. The van der Waals surface area contributed by atoms with Crippen LogP contribution in [0.15, 0.2) is 27.4 Å². The van der Waals surface area contributed by atoms with Crippen LogP contribution in [-0.4, -0.2) is 15.1 Å². The summed E-state index contributed by atoms with van der Waals surface area (Å²) in [5, 5.41) is 0. The van der Waals surface area contributed by atoms with Gasteiger partial charge in [0.05, 0.1) is 0 Å². The number of carbonyl (C=O) groups excluding carboxylic acids is 1. The molecule has 1 aromatic carbocycles. The molecule has 6 heteroatoms. The van der Waals surface area contributed by atoms with Crippen LogP contribution in [0, 0.1) is 0 Å². The molecule has 0 amide bonds. The number of Topliss-reactive ketones (excluding diaryl/α,β-unsaturated/α-hetero) is 1. The lowest BCUT2D eigenvalue weighted by atomic mass is 10.1. The van der Waals surface area contributed by atoms with Crippen molar-refractivity contribution in [1.82, 2.24) is 9.36 Å². The molecule has 0 spiro atoms. The molecule has 0 fully saturated rings. The van der Waals surface area contributed by atoms with Gasteiger partial charge in [-0.25, -0.2) is 4.98 Å². The Morgan fingerprint density at radius 1 is 1.50 bits per heavy atom. The van der Waals surface area contributed by atoms with E-state index >= 15 is 0 Å². The van der Waals surface area contributed by atoms with Gasteiger partial charge in [0, 0.05) is 22.6 Å². The van der Waals surface area contributed by atoms with Crippen LogP contribution in [0.2, 0.25) is 0 Å². The molecule has 1 heterocycles. The number of hydrogen-bond donors (Lipinski definition) is 1. The highest BCUT2D eigenvalue weighted by Gasteiger charge is 2.08. The van der Waals surface area contributed by atoms with E-state index in [0.717, 1.165) is 21.5 Å². The van der Waals surface area contributed by atoms with Crippen LogP contribution in [0.1, 0.15) is 30.0 Å². The van der Waals surface area contributed by atoms with Crippen LogP contribution < -0.4 is 5.73 Å². The summed E-state index contributed by atoms with van der Waals surface area (Å²) in [6.45, 7) is 3.53. The number of hydrogen-bond acceptors (Lipinski definition) is 6. The van der Waals surface area contributed by atoms with E-state index in [1.165, 1.54) is 30.2 Å². The van der Waals surface area contributed by atoms with Gasteiger partial charge in [0.15, 0.2) is 10.1 Å². The Bertz CT molecular complexity index is 580.